The van der Waals surface area contributed by atoms with Gasteiger partial charge in [-0.2, -0.15) is 8.42 Å². The number of para-hydroxylation sites is 2. The van der Waals surface area contributed by atoms with Crippen LogP contribution in [0.15, 0.2) is 101 Å². The van der Waals surface area contributed by atoms with Gasteiger partial charge in [0.05, 0.1) is 75.5 Å². The summed E-state index contributed by atoms with van der Waals surface area (Å²) in [6.07, 6.45) is 5.29. The Morgan fingerprint density at radius 2 is 1.15 bits per heavy atom. The number of carbonyl (C=O) groups excluding carboxylic acids is 7. The van der Waals surface area contributed by atoms with Crippen molar-refractivity contribution in [1.29, 1.82) is 0 Å². The van der Waals surface area contributed by atoms with Crippen LogP contribution in [0, 0.1) is 0 Å². The molecule has 4 heterocycles. The number of nitrogens with one attached hydrogen (secondary N) is 5. The normalized spacial score (nSPS) is 15.7. The Kier molecular flexibility index (Phi) is 19.7. The van der Waals surface area contributed by atoms with Crippen molar-refractivity contribution < 1.29 is 65.1 Å². The first kappa shape index (κ1) is 62.1. The van der Waals surface area contributed by atoms with Crippen LogP contribution in [0.1, 0.15) is 76.1 Å². The third-order valence-corrected chi connectivity index (χ3v) is 19.5. The molecule has 5 N–H and O–H groups in total. The minimum absolute atomic E-state index is 0.0248. The van der Waals surface area contributed by atoms with Crippen molar-refractivity contribution in [2.24, 2.45) is 9.98 Å². The van der Waals surface area contributed by atoms with Gasteiger partial charge in [0.15, 0.2) is 28.2 Å². The molecule has 0 saturated carbocycles. The first-order valence-electron chi connectivity index (χ1n) is 27.4. The number of ether oxygens (including phenoxy) is 4. The molecule has 0 radical (unpaired) electrons. The molecule has 5 aromatic rings. The van der Waals surface area contributed by atoms with Crippen LogP contribution in [-0.2, 0) is 64.3 Å². The standard InChI is InChI=1S/C60H65N9O14S3/c1-60(2,85-84-18-16-52(57(74)61-3)86(77,78)81-6)17-15-53(70)64-30-54(71)65-31-55(72)66-32-56(73)67-39-20-35(33-82-50-26-44-42(24-48(50)79-4)58(75)68-40(28-62-44)22-37-11-7-9-13-46(37)68)19-36(21-39)34-83-51-27-45-43(25-49(51)80-5)59(76)69-41(29-63-45)23-38-12-8-10-14-47(38)69/h7-14,19-21,24-29,40-41,52H,15-18,22-23,30-34H2,1-6H3,(H,61,74)(H,64,70)(H,65,71)(H,66,72)(H,67,73)/t40-,41-,52?/m0/s1. The lowest BCUT2D eigenvalue weighted by Crippen LogP contribution is -2.43. The van der Waals surface area contributed by atoms with E-state index in [0.717, 1.165) is 29.6 Å². The molecular formula is C60H65N9O14S3. The van der Waals surface area contributed by atoms with Gasteiger partial charge in [-0.1, -0.05) is 58.0 Å². The first-order chi connectivity index (χ1) is 41.3. The maximum absolute atomic E-state index is 14.1. The lowest BCUT2D eigenvalue weighted by atomic mass is 10.1. The monoisotopic (exact) mass is 1230 g/mol. The van der Waals surface area contributed by atoms with E-state index in [9.17, 15) is 42.0 Å². The zero-order valence-corrected chi connectivity index (χ0v) is 50.5. The minimum Gasteiger partial charge on any atom is -0.493 e. The zero-order valence-electron chi connectivity index (χ0n) is 48.1. The van der Waals surface area contributed by atoms with Crippen molar-refractivity contribution in [3.63, 3.8) is 0 Å². The van der Waals surface area contributed by atoms with Gasteiger partial charge in [-0.25, -0.2) is 0 Å². The highest BCUT2D eigenvalue weighted by Gasteiger charge is 2.39. The smallest absolute Gasteiger partial charge is 0.279 e. The van der Waals surface area contributed by atoms with E-state index in [1.165, 1.54) is 42.9 Å². The number of rotatable bonds is 26. The number of benzene rings is 5. The van der Waals surface area contributed by atoms with Crippen molar-refractivity contribution in [3.05, 3.63) is 124 Å². The maximum Gasteiger partial charge on any atom is 0.279 e. The van der Waals surface area contributed by atoms with E-state index in [1.54, 1.807) is 58.6 Å². The molecule has 0 aromatic heterocycles. The van der Waals surface area contributed by atoms with Gasteiger partial charge in [-0.3, -0.25) is 57.5 Å². The fourth-order valence-corrected chi connectivity index (χ4v) is 14.0. The molecule has 5 aromatic carbocycles. The lowest BCUT2D eigenvalue weighted by Gasteiger charge is -2.23. The second kappa shape index (κ2) is 27.3. The number of fused-ring (bicyclic) bond motifs is 8. The summed E-state index contributed by atoms with van der Waals surface area (Å²) < 4.78 is 52.8. The molecule has 3 atom stereocenters. The summed E-state index contributed by atoms with van der Waals surface area (Å²) in [6, 6.07) is 26.7. The van der Waals surface area contributed by atoms with E-state index in [0.29, 0.717) is 87.3 Å². The number of nitrogens with zero attached hydrogens (tertiary/aromatic N) is 4. The van der Waals surface area contributed by atoms with Crippen LogP contribution in [0.2, 0.25) is 0 Å². The Morgan fingerprint density at radius 1 is 0.663 bits per heavy atom. The van der Waals surface area contributed by atoms with Crippen molar-refractivity contribution in [2.45, 2.75) is 81.2 Å². The average molecular weight is 1230 g/mol. The topological polar surface area (TPSA) is 291 Å². The summed E-state index contributed by atoms with van der Waals surface area (Å²) in [5, 5.41) is 11.2. The van der Waals surface area contributed by atoms with Crippen LogP contribution in [0.5, 0.6) is 23.0 Å². The van der Waals surface area contributed by atoms with Gasteiger partial charge in [0.2, 0.25) is 29.5 Å². The Balaban J connectivity index is 0.817. The Morgan fingerprint density at radius 3 is 1.64 bits per heavy atom. The summed E-state index contributed by atoms with van der Waals surface area (Å²) in [7, 11) is 4.01. The molecule has 452 valence electrons. The molecule has 0 aliphatic carbocycles. The zero-order chi connectivity index (χ0) is 61.3. The third kappa shape index (κ3) is 14.6. The molecule has 0 saturated heterocycles. The quantitative estimate of drug-likeness (QED) is 0.0236. The first-order valence-corrected chi connectivity index (χ1v) is 31.2. The van der Waals surface area contributed by atoms with Crippen molar-refractivity contribution in [1.82, 2.24) is 21.3 Å². The molecular weight excluding hydrogens is 1170 g/mol. The number of hydrogen-bond donors (Lipinski definition) is 5. The maximum atomic E-state index is 14.1. The molecule has 1 unspecified atom stereocenters. The molecule has 26 heteroatoms. The van der Waals surface area contributed by atoms with Crippen LogP contribution in [0.3, 0.4) is 0 Å². The highest BCUT2D eigenvalue weighted by atomic mass is 33.1. The van der Waals surface area contributed by atoms with Gasteiger partial charge in [0.25, 0.3) is 21.9 Å². The number of methoxy groups -OCH3 is 2. The van der Waals surface area contributed by atoms with Gasteiger partial charge < -0.3 is 45.5 Å². The Hall–Kier alpha value is -8.46. The molecule has 0 spiro atoms. The fraction of sp³-hybridized carbons (Fsp3) is 0.350. The van der Waals surface area contributed by atoms with Crippen LogP contribution in [0.25, 0.3) is 0 Å². The number of hydrogen-bond acceptors (Lipinski definition) is 18. The van der Waals surface area contributed by atoms with Crippen molar-refractivity contribution in [2.75, 3.05) is 68.9 Å². The molecule has 86 heavy (non-hydrogen) atoms. The van der Waals surface area contributed by atoms with Gasteiger partial charge in [-0.05, 0) is 91.4 Å². The van der Waals surface area contributed by atoms with E-state index in [-0.39, 0.29) is 50.0 Å². The van der Waals surface area contributed by atoms with Crippen LogP contribution in [-0.4, -0.2) is 138 Å². The van der Waals surface area contributed by atoms with Crippen LogP contribution in [0.4, 0.5) is 28.4 Å². The lowest BCUT2D eigenvalue weighted by molar-refractivity contribution is -0.128. The molecule has 4 aliphatic rings. The van der Waals surface area contributed by atoms with Crippen LogP contribution < -0.4 is 55.3 Å². The predicted octanol–water partition coefficient (Wildman–Crippen LogP) is 6.14. The Bertz CT molecular complexity index is 3490. The van der Waals surface area contributed by atoms with E-state index < -0.39 is 69.3 Å². The molecule has 9 rings (SSSR count). The highest BCUT2D eigenvalue weighted by Crippen LogP contribution is 2.44. The number of amides is 7. The largest absolute Gasteiger partial charge is 0.493 e. The minimum atomic E-state index is -4.08. The second-order valence-electron chi connectivity index (χ2n) is 21.0. The Labute approximate surface area is 505 Å². The van der Waals surface area contributed by atoms with Crippen LogP contribution >= 0.6 is 21.6 Å². The molecule has 23 nitrogen and oxygen atoms in total. The number of anilines is 3. The van der Waals surface area contributed by atoms with E-state index in [4.69, 9.17) is 28.9 Å². The van der Waals surface area contributed by atoms with Crippen molar-refractivity contribution in [3.8, 4) is 23.0 Å². The number of aliphatic imine (C=N–C) groups is 2. The summed E-state index contributed by atoms with van der Waals surface area (Å²) in [4.78, 5) is 105. The SMILES string of the molecule is CNC(=O)C(CCSSC(C)(C)CCC(=O)NCC(=O)NCC(=O)NCC(=O)Nc1cc(COc2cc3c(cc2OC)C(=O)N2c4ccccc4C[C@H]2C=N3)cc(COc2cc3c(cc2OC)C(=O)N2c4ccccc4C[C@H]2C=N3)c1)S(=O)(=O)OC. The number of carbonyl (C=O) groups is 7. The van der Waals surface area contributed by atoms with E-state index >= 15 is 0 Å². The van der Waals surface area contributed by atoms with Crippen molar-refractivity contribution >= 4 is 114 Å². The van der Waals surface area contributed by atoms with Gasteiger partial charge >= 0.3 is 0 Å². The highest BCUT2D eigenvalue weighted by molar-refractivity contribution is 8.77. The summed E-state index contributed by atoms with van der Waals surface area (Å²) in [6.45, 7) is 2.33. The molecule has 7 amide bonds. The average Bonchev–Trinajstić information content (AvgIpc) is 1.79. The van der Waals surface area contributed by atoms with Gasteiger partial charge in [-0.15, -0.1) is 0 Å². The third-order valence-electron chi connectivity index (χ3n) is 14.5. The van der Waals surface area contributed by atoms with E-state index in [1.807, 2.05) is 68.4 Å². The van der Waals surface area contributed by atoms with Gasteiger partial charge in [0, 0.05) is 78.4 Å². The molecule has 0 fully saturated rings. The summed E-state index contributed by atoms with van der Waals surface area (Å²) in [5.74, 6) is -1.93. The molecule has 4 aliphatic heterocycles. The van der Waals surface area contributed by atoms with E-state index in [2.05, 4.69) is 30.8 Å². The second-order valence-corrected chi connectivity index (χ2v) is 26.0. The fourth-order valence-electron chi connectivity index (χ4n) is 10.2. The molecule has 0 bridgehead atoms. The summed E-state index contributed by atoms with van der Waals surface area (Å²) >= 11 is 0. The predicted molar refractivity (Wildman–Crippen MR) is 328 cm³/mol. The van der Waals surface area contributed by atoms with Gasteiger partial charge in [0.1, 0.15) is 13.2 Å². The summed E-state index contributed by atoms with van der Waals surface area (Å²) in [5.41, 5.74) is 6.71.